The number of ether oxygens (including phenoxy) is 1. The van der Waals surface area contributed by atoms with Gasteiger partial charge in [0.25, 0.3) is 0 Å². The molecule has 5 nitrogen and oxygen atoms in total. The van der Waals surface area contributed by atoms with Gasteiger partial charge in [-0.15, -0.1) is 24.0 Å². The molecule has 1 atom stereocenters. The number of hydrogen-bond acceptors (Lipinski definition) is 3. The van der Waals surface area contributed by atoms with Gasteiger partial charge in [0.15, 0.2) is 5.96 Å². The van der Waals surface area contributed by atoms with Gasteiger partial charge in [0.2, 0.25) is 0 Å². The Labute approximate surface area is 192 Å². The van der Waals surface area contributed by atoms with Crippen molar-refractivity contribution in [1.29, 1.82) is 0 Å². The van der Waals surface area contributed by atoms with E-state index in [0.717, 1.165) is 36.9 Å². The van der Waals surface area contributed by atoms with Crippen LogP contribution in [0.4, 0.5) is 5.69 Å². The number of hydrogen-bond donors (Lipinski definition) is 2. The van der Waals surface area contributed by atoms with Crippen molar-refractivity contribution in [2.75, 3.05) is 31.6 Å². The zero-order valence-corrected chi connectivity index (χ0v) is 20.0. The Morgan fingerprint density at radius 2 is 1.90 bits per heavy atom. The van der Waals surface area contributed by atoms with Crippen LogP contribution in [0.3, 0.4) is 0 Å². The molecule has 0 aliphatic carbocycles. The molecule has 158 valence electrons. The highest BCUT2D eigenvalue weighted by Crippen LogP contribution is 2.24. The molecular formula is C23H33IN4O. The molecule has 0 aromatic heterocycles. The number of guanidine groups is 1. The summed E-state index contributed by atoms with van der Waals surface area (Å²) >= 11 is 0. The van der Waals surface area contributed by atoms with Gasteiger partial charge < -0.3 is 20.3 Å². The van der Waals surface area contributed by atoms with E-state index < -0.39 is 0 Å². The second kappa shape index (κ2) is 11.9. The molecule has 2 aromatic carbocycles. The van der Waals surface area contributed by atoms with Crippen molar-refractivity contribution >= 4 is 35.6 Å². The minimum Gasteiger partial charge on any atom is -0.497 e. The van der Waals surface area contributed by atoms with Gasteiger partial charge in [-0.3, -0.25) is 0 Å². The van der Waals surface area contributed by atoms with E-state index in [4.69, 9.17) is 9.73 Å². The SMILES string of the molecule is CCNC(=NCc1cccc(OC)c1)NC(C)c1cccc(N2CCCC2)c1.I. The van der Waals surface area contributed by atoms with E-state index in [1.165, 1.54) is 24.1 Å². The molecule has 29 heavy (non-hydrogen) atoms. The third-order valence-corrected chi connectivity index (χ3v) is 5.09. The maximum Gasteiger partial charge on any atom is 0.192 e. The summed E-state index contributed by atoms with van der Waals surface area (Å²) < 4.78 is 5.30. The van der Waals surface area contributed by atoms with E-state index in [1.54, 1.807) is 7.11 Å². The number of halogens is 1. The fourth-order valence-corrected chi connectivity index (χ4v) is 3.52. The van der Waals surface area contributed by atoms with Gasteiger partial charge in [0, 0.05) is 25.3 Å². The molecule has 0 bridgehead atoms. The molecule has 1 saturated heterocycles. The minimum atomic E-state index is 0. The first-order chi connectivity index (χ1) is 13.7. The van der Waals surface area contributed by atoms with Crippen LogP contribution in [0.1, 0.15) is 43.9 Å². The van der Waals surface area contributed by atoms with Crippen LogP contribution in [0.25, 0.3) is 0 Å². The average molecular weight is 508 g/mol. The van der Waals surface area contributed by atoms with Crippen molar-refractivity contribution in [3.05, 3.63) is 59.7 Å². The van der Waals surface area contributed by atoms with Crippen LogP contribution in [0, 0.1) is 0 Å². The number of anilines is 1. The Hall–Kier alpha value is -1.96. The summed E-state index contributed by atoms with van der Waals surface area (Å²) in [5.41, 5.74) is 3.72. The quantitative estimate of drug-likeness (QED) is 0.323. The Bertz CT molecular complexity index is 790. The molecule has 3 rings (SSSR count). The van der Waals surface area contributed by atoms with Crippen molar-refractivity contribution < 1.29 is 4.74 Å². The topological polar surface area (TPSA) is 48.9 Å². The van der Waals surface area contributed by atoms with Gasteiger partial charge in [-0.1, -0.05) is 24.3 Å². The lowest BCUT2D eigenvalue weighted by molar-refractivity contribution is 0.414. The monoisotopic (exact) mass is 508 g/mol. The predicted molar refractivity (Wildman–Crippen MR) is 133 cm³/mol. The van der Waals surface area contributed by atoms with Gasteiger partial charge in [-0.05, 0) is 62.1 Å². The van der Waals surface area contributed by atoms with Gasteiger partial charge in [-0.25, -0.2) is 4.99 Å². The van der Waals surface area contributed by atoms with E-state index in [9.17, 15) is 0 Å². The Morgan fingerprint density at radius 3 is 2.62 bits per heavy atom. The smallest absolute Gasteiger partial charge is 0.192 e. The molecule has 0 spiro atoms. The van der Waals surface area contributed by atoms with E-state index in [0.29, 0.717) is 6.54 Å². The van der Waals surface area contributed by atoms with E-state index in [2.05, 4.69) is 59.7 Å². The Morgan fingerprint density at radius 1 is 1.14 bits per heavy atom. The molecule has 2 aromatic rings. The Balaban J connectivity index is 0.00000300. The van der Waals surface area contributed by atoms with Crippen LogP contribution in [0.5, 0.6) is 5.75 Å². The van der Waals surface area contributed by atoms with Crippen molar-refractivity contribution in [3.8, 4) is 5.75 Å². The molecule has 1 fully saturated rings. The molecule has 1 unspecified atom stereocenters. The summed E-state index contributed by atoms with van der Waals surface area (Å²) in [4.78, 5) is 7.22. The highest BCUT2D eigenvalue weighted by Gasteiger charge is 2.14. The van der Waals surface area contributed by atoms with Crippen LogP contribution in [0.2, 0.25) is 0 Å². The van der Waals surface area contributed by atoms with Gasteiger partial charge in [-0.2, -0.15) is 0 Å². The summed E-state index contributed by atoms with van der Waals surface area (Å²) in [6.07, 6.45) is 2.58. The van der Waals surface area contributed by atoms with E-state index in [-0.39, 0.29) is 30.0 Å². The highest BCUT2D eigenvalue weighted by molar-refractivity contribution is 14.0. The third-order valence-electron chi connectivity index (χ3n) is 5.09. The summed E-state index contributed by atoms with van der Waals surface area (Å²) in [7, 11) is 1.69. The first-order valence-corrected chi connectivity index (χ1v) is 10.2. The number of aliphatic imine (C=N–C) groups is 1. The molecular weight excluding hydrogens is 475 g/mol. The summed E-state index contributed by atoms with van der Waals surface area (Å²) in [6.45, 7) is 8.02. The van der Waals surface area contributed by atoms with Crippen LogP contribution >= 0.6 is 24.0 Å². The molecule has 1 aliphatic rings. The van der Waals surface area contributed by atoms with E-state index >= 15 is 0 Å². The fraction of sp³-hybridized carbons (Fsp3) is 0.435. The van der Waals surface area contributed by atoms with Crippen molar-refractivity contribution in [2.24, 2.45) is 4.99 Å². The molecule has 0 radical (unpaired) electrons. The first-order valence-electron chi connectivity index (χ1n) is 10.2. The lowest BCUT2D eigenvalue weighted by atomic mass is 10.1. The number of rotatable bonds is 7. The zero-order chi connectivity index (χ0) is 19.8. The van der Waals surface area contributed by atoms with Crippen LogP contribution in [-0.2, 0) is 6.54 Å². The number of nitrogens with one attached hydrogen (secondary N) is 2. The normalized spacial score (nSPS) is 14.9. The second-order valence-electron chi connectivity index (χ2n) is 7.20. The van der Waals surface area contributed by atoms with Gasteiger partial charge in [0.05, 0.1) is 19.7 Å². The lowest BCUT2D eigenvalue weighted by Crippen LogP contribution is -2.38. The Kier molecular flexibility index (Phi) is 9.57. The second-order valence-corrected chi connectivity index (χ2v) is 7.20. The van der Waals surface area contributed by atoms with Gasteiger partial charge in [0.1, 0.15) is 5.75 Å². The molecule has 6 heteroatoms. The van der Waals surface area contributed by atoms with Crippen molar-refractivity contribution in [2.45, 2.75) is 39.3 Å². The zero-order valence-electron chi connectivity index (χ0n) is 17.6. The molecule has 1 aliphatic heterocycles. The van der Waals surface area contributed by atoms with Crippen molar-refractivity contribution in [1.82, 2.24) is 10.6 Å². The summed E-state index contributed by atoms with van der Waals surface area (Å²) in [5.74, 6) is 1.68. The molecule has 0 amide bonds. The summed E-state index contributed by atoms with van der Waals surface area (Å²) in [5, 5.41) is 6.89. The third kappa shape index (κ3) is 6.80. The average Bonchev–Trinajstić information content (AvgIpc) is 3.27. The van der Waals surface area contributed by atoms with Crippen LogP contribution < -0.4 is 20.3 Å². The fourth-order valence-electron chi connectivity index (χ4n) is 3.52. The molecule has 1 heterocycles. The first kappa shape index (κ1) is 23.3. The van der Waals surface area contributed by atoms with Crippen molar-refractivity contribution in [3.63, 3.8) is 0 Å². The number of benzene rings is 2. The predicted octanol–water partition coefficient (Wildman–Crippen LogP) is 4.73. The van der Waals surface area contributed by atoms with Gasteiger partial charge >= 0.3 is 0 Å². The van der Waals surface area contributed by atoms with E-state index in [1.807, 2.05) is 18.2 Å². The minimum absolute atomic E-state index is 0. The largest absolute Gasteiger partial charge is 0.497 e. The summed E-state index contributed by atoms with van der Waals surface area (Å²) in [6, 6.07) is 17.1. The van der Waals surface area contributed by atoms with Crippen LogP contribution in [-0.4, -0.2) is 32.7 Å². The maximum absolute atomic E-state index is 5.30. The highest BCUT2D eigenvalue weighted by atomic mass is 127. The maximum atomic E-state index is 5.30. The standard InChI is InChI=1S/C23H32N4O.HI/c1-4-24-23(25-17-19-9-7-12-22(15-19)28-3)26-18(2)20-10-8-11-21(16-20)27-13-5-6-14-27;/h7-12,15-16,18H,4-6,13-14,17H2,1-3H3,(H2,24,25,26);1H. The number of methoxy groups -OCH3 is 1. The number of nitrogens with zero attached hydrogens (tertiary/aromatic N) is 2. The molecule has 0 saturated carbocycles. The van der Waals surface area contributed by atoms with Crippen LogP contribution in [0.15, 0.2) is 53.5 Å². The molecule has 2 N–H and O–H groups in total. The lowest BCUT2D eigenvalue weighted by Gasteiger charge is -2.22.